The third-order valence-electron chi connectivity index (χ3n) is 2.83. The quantitative estimate of drug-likeness (QED) is 0.552. The largest absolute Gasteiger partial charge is 0.390 e. The van der Waals surface area contributed by atoms with Crippen molar-refractivity contribution in [2.24, 2.45) is 0 Å². The Labute approximate surface area is 147 Å². The zero-order chi connectivity index (χ0) is 18.8. The van der Waals surface area contributed by atoms with Gasteiger partial charge in [-0.05, 0) is 52.1 Å². The summed E-state index contributed by atoms with van der Waals surface area (Å²) in [6.07, 6.45) is 0.396. The monoisotopic (exact) mass is 420 g/mol. The first-order chi connectivity index (χ1) is 10.6. The molecule has 1 fully saturated rings. The topological polar surface area (TPSA) is 105 Å². The van der Waals surface area contributed by atoms with E-state index in [1.807, 2.05) is 0 Å². The molecule has 24 heavy (non-hydrogen) atoms. The molecule has 0 spiro atoms. The van der Waals surface area contributed by atoms with Crippen molar-refractivity contribution in [3.63, 3.8) is 0 Å². The average Bonchev–Trinajstić information content (AvgIpc) is 2.23. The van der Waals surface area contributed by atoms with Crippen LogP contribution in [0.25, 0.3) is 0 Å². The molecule has 1 rings (SSSR count). The van der Waals surface area contributed by atoms with Crippen LogP contribution in [0.1, 0.15) is 25.7 Å². The lowest BCUT2D eigenvalue weighted by molar-refractivity contribution is 0.0188. The molecule has 0 aromatic carbocycles. The highest BCUT2D eigenvalue weighted by Crippen LogP contribution is 2.28. The predicted molar refractivity (Wildman–Crippen MR) is 94.9 cm³/mol. The van der Waals surface area contributed by atoms with E-state index in [4.69, 9.17) is 16.1 Å². The van der Waals surface area contributed by atoms with Gasteiger partial charge in [-0.3, -0.25) is 7.74 Å². The summed E-state index contributed by atoms with van der Waals surface area (Å²) < 4.78 is 68.3. The average molecular weight is 421 g/mol. The van der Waals surface area contributed by atoms with Crippen LogP contribution >= 0.6 is 0 Å². The van der Waals surface area contributed by atoms with E-state index >= 15 is 0 Å². The fourth-order valence-electron chi connectivity index (χ4n) is 2.24. The van der Waals surface area contributed by atoms with Gasteiger partial charge in [0.05, 0.1) is 0 Å². The van der Waals surface area contributed by atoms with Crippen LogP contribution in [-0.2, 0) is 36.9 Å². The van der Waals surface area contributed by atoms with E-state index in [1.54, 1.807) is 39.3 Å². The van der Waals surface area contributed by atoms with Gasteiger partial charge in [0.2, 0.25) is 16.6 Å². The van der Waals surface area contributed by atoms with Gasteiger partial charge in [0.25, 0.3) is 0 Å². The Morgan fingerprint density at radius 1 is 0.667 bits per heavy atom. The van der Waals surface area contributed by atoms with E-state index in [-0.39, 0.29) is 0 Å². The molecule has 0 saturated heterocycles. The molecule has 0 heterocycles. The van der Waals surface area contributed by atoms with E-state index in [0.29, 0.717) is 12.8 Å². The summed E-state index contributed by atoms with van der Waals surface area (Å²) in [5.41, 5.74) is 0. The molecule has 0 bridgehead atoms. The van der Waals surface area contributed by atoms with Crippen molar-refractivity contribution in [1.29, 1.82) is 0 Å². The lowest BCUT2D eigenvalue weighted by Crippen LogP contribution is -2.41. The van der Waals surface area contributed by atoms with Gasteiger partial charge < -0.3 is 0 Å². The Kier molecular flexibility index (Phi) is 7.24. The van der Waals surface area contributed by atoms with Crippen LogP contribution in [0.2, 0.25) is 39.3 Å². The molecule has 8 nitrogen and oxygen atoms in total. The second-order valence-corrected chi connectivity index (χ2v) is 19.6. The molecule has 0 amide bonds. The smallest absolute Gasteiger partial charge is 0.294 e. The van der Waals surface area contributed by atoms with Crippen LogP contribution in [0.4, 0.5) is 0 Å². The molecular weight excluding hydrogens is 392 g/mol. The minimum absolute atomic E-state index is 0.376. The Morgan fingerprint density at radius 3 is 1.21 bits per heavy atom. The van der Waals surface area contributed by atoms with Crippen molar-refractivity contribution in [3.8, 4) is 0 Å². The first-order valence-corrected chi connectivity index (χ1v) is 17.3. The molecule has 144 valence electrons. The van der Waals surface area contributed by atoms with Gasteiger partial charge in [0.15, 0.2) is 0 Å². The predicted octanol–water partition coefficient (Wildman–Crippen LogP) is 2.52. The maximum absolute atomic E-state index is 12.0. The molecule has 12 heteroatoms. The standard InChI is InChI=1S/C12H28O8S2Si2/c1-23(2,3)19-21(13,14)17-11-9-7-8-10-12(11)18-22(15,16)20-24(4,5)6/h11-12H,7-10H2,1-6H3. The molecule has 1 saturated carbocycles. The Bertz CT molecular complexity index is 562. The van der Waals surface area contributed by atoms with Crippen LogP contribution < -0.4 is 0 Å². The fourth-order valence-corrected chi connectivity index (χ4v) is 8.50. The van der Waals surface area contributed by atoms with Crippen molar-refractivity contribution in [3.05, 3.63) is 0 Å². The molecule has 2 unspecified atom stereocenters. The summed E-state index contributed by atoms with van der Waals surface area (Å²) in [5, 5.41) is 0. The molecule has 0 N–H and O–H groups in total. The minimum atomic E-state index is -4.21. The van der Waals surface area contributed by atoms with E-state index in [2.05, 4.69) is 0 Å². The first-order valence-electron chi connectivity index (χ1n) is 7.86. The third kappa shape index (κ3) is 9.03. The summed E-state index contributed by atoms with van der Waals surface area (Å²) >= 11 is 0. The first kappa shape index (κ1) is 22.2. The van der Waals surface area contributed by atoms with Crippen molar-refractivity contribution < 1.29 is 32.9 Å². The molecule has 1 aliphatic carbocycles. The van der Waals surface area contributed by atoms with E-state index in [9.17, 15) is 16.8 Å². The van der Waals surface area contributed by atoms with Gasteiger partial charge in [-0.2, -0.15) is 16.8 Å². The van der Waals surface area contributed by atoms with Gasteiger partial charge in [-0.25, -0.2) is 8.37 Å². The number of rotatable bonds is 8. The van der Waals surface area contributed by atoms with E-state index < -0.39 is 49.6 Å². The molecule has 0 aliphatic heterocycles. The second-order valence-electron chi connectivity index (χ2n) is 7.76. The highest BCUT2D eigenvalue weighted by molar-refractivity contribution is 7.83. The molecular formula is C12H28O8S2Si2. The summed E-state index contributed by atoms with van der Waals surface area (Å²) in [7, 11) is -13.2. The van der Waals surface area contributed by atoms with Gasteiger partial charge in [0.1, 0.15) is 12.2 Å². The minimum Gasteiger partial charge on any atom is -0.294 e. The van der Waals surface area contributed by atoms with Gasteiger partial charge >= 0.3 is 20.8 Å². The normalized spacial score (nSPS) is 24.1. The van der Waals surface area contributed by atoms with Crippen LogP contribution in [0, 0.1) is 0 Å². The summed E-state index contributed by atoms with van der Waals surface area (Å²) in [6.45, 7) is 10.3. The summed E-state index contributed by atoms with van der Waals surface area (Å²) in [6, 6.07) is 0. The van der Waals surface area contributed by atoms with Crippen LogP contribution in [-0.4, -0.2) is 45.7 Å². The molecule has 1 aliphatic rings. The Hall–Kier alpha value is 0.174. The van der Waals surface area contributed by atoms with Crippen LogP contribution in [0.3, 0.4) is 0 Å². The van der Waals surface area contributed by atoms with Crippen LogP contribution in [0.5, 0.6) is 0 Å². The van der Waals surface area contributed by atoms with Gasteiger partial charge in [-0.1, -0.05) is 12.8 Å². The lowest BCUT2D eigenvalue weighted by Gasteiger charge is -2.31. The highest BCUT2D eigenvalue weighted by Gasteiger charge is 2.38. The molecule has 2 atom stereocenters. The Balaban J connectivity index is 2.83. The van der Waals surface area contributed by atoms with Crippen molar-refractivity contribution in [1.82, 2.24) is 0 Å². The lowest BCUT2D eigenvalue weighted by atomic mass is 9.95. The van der Waals surface area contributed by atoms with Crippen LogP contribution in [0.15, 0.2) is 0 Å². The van der Waals surface area contributed by atoms with Crippen molar-refractivity contribution in [2.45, 2.75) is 77.2 Å². The molecule has 0 radical (unpaired) electrons. The van der Waals surface area contributed by atoms with E-state index in [0.717, 1.165) is 12.8 Å². The number of hydrogen-bond acceptors (Lipinski definition) is 8. The van der Waals surface area contributed by atoms with E-state index in [1.165, 1.54) is 0 Å². The van der Waals surface area contributed by atoms with Gasteiger partial charge in [-0.15, -0.1) is 0 Å². The second kappa shape index (κ2) is 7.82. The fraction of sp³-hybridized carbons (Fsp3) is 1.00. The molecule has 0 aromatic heterocycles. The summed E-state index contributed by atoms with van der Waals surface area (Å²) in [5.74, 6) is 0. The summed E-state index contributed by atoms with van der Waals surface area (Å²) in [4.78, 5) is 0. The maximum atomic E-state index is 12.0. The zero-order valence-corrected chi connectivity index (χ0v) is 18.7. The SMILES string of the molecule is C[Si](C)(C)OS(=O)(=O)OC1CCCCC1OS(=O)(=O)O[Si](C)(C)C. The Morgan fingerprint density at radius 2 is 0.958 bits per heavy atom. The maximum Gasteiger partial charge on any atom is 0.390 e. The number of hydrogen-bond donors (Lipinski definition) is 0. The highest BCUT2D eigenvalue weighted by atomic mass is 32.3. The zero-order valence-electron chi connectivity index (χ0n) is 15.1. The van der Waals surface area contributed by atoms with Crippen molar-refractivity contribution in [2.75, 3.05) is 0 Å². The van der Waals surface area contributed by atoms with Crippen molar-refractivity contribution >= 4 is 37.4 Å². The molecule has 0 aromatic rings. The third-order valence-corrected chi connectivity index (χ3v) is 9.43. The van der Waals surface area contributed by atoms with Gasteiger partial charge in [0, 0.05) is 0 Å².